The zero-order valence-electron chi connectivity index (χ0n) is 14.3. The Hall–Kier alpha value is -2.55. The lowest BCUT2D eigenvalue weighted by molar-refractivity contribution is 0.0281. The Kier molecular flexibility index (Phi) is 4.70. The van der Waals surface area contributed by atoms with Gasteiger partial charge in [0, 0.05) is 18.7 Å². The van der Waals surface area contributed by atoms with Crippen LogP contribution in [0.4, 0.5) is 5.69 Å². The number of rotatable bonds is 4. The molecular formula is C21H23NO2. The predicted octanol–water partition coefficient (Wildman–Crippen LogP) is 4.31. The Labute approximate surface area is 143 Å². The van der Waals surface area contributed by atoms with Crippen LogP contribution < -0.4 is 4.90 Å². The average Bonchev–Trinajstić information content (AvgIpc) is 2.90. The Morgan fingerprint density at radius 3 is 2.21 bits per heavy atom. The van der Waals surface area contributed by atoms with Crippen molar-refractivity contribution in [2.45, 2.75) is 26.0 Å². The van der Waals surface area contributed by atoms with E-state index in [-0.39, 0.29) is 24.0 Å². The SMILES string of the molecule is CC1=C[C@@H](N(C)c2ccccc2)[C@H](C)[C@H]1OC(=O)c1ccccc1. The van der Waals surface area contributed by atoms with E-state index < -0.39 is 0 Å². The maximum Gasteiger partial charge on any atom is 0.338 e. The zero-order valence-corrected chi connectivity index (χ0v) is 14.3. The summed E-state index contributed by atoms with van der Waals surface area (Å²) in [7, 11) is 2.08. The molecule has 0 saturated heterocycles. The van der Waals surface area contributed by atoms with E-state index in [0.717, 1.165) is 11.3 Å². The maximum atomic E-state index is 12.4. The van der Waals surface area contributed by atoms with Gasteiger partial charge >= 0.3 is 5.97 Å². The number of nitrogens with zero attached hydrogens (tertiary/aromatic N) is 1. The molecule has 0 amide bonds. The van der Waals surface area contributed by atoms with Gasteiger partial charge in [0.05, 0.1) is 11.6 Å². The minimum absolute atomic E-state index is 0.186. The minimum atomic E-state index is -0.261. The number of hydrogen-bond donors (Lipinski definition) is 0. The summed E-state index contributed by atoms with van der Waals surface area (Å²) in [5, 5.41) is 0. The highest BCUT2D eigenvalue weighted by Crippen LogP contribution is 2.33. The van der Waals surface area contributed by atoms with Crippen molar-refractivity contribution in [1.29, 1.82) is 0 Å². The molecule has 0 saturated carbocycles. The molecule has 3 rings (SSSR count). The van der Waals surface area contributed by atoms with E-state index in [4.69, 9.17) is 4.74 Å². The first-order valence-corrected chi connectivity index (χ1v) is 8.30. The molecule has 2 aromatic carbocycles. The molecule has 3 heteroatoms. The molecule has 0 bridgehead atoms. The first-order valence-electron chi connectivity index (χ1n) is 8.30. The fraction of sp³-hybridized carbons (Fsp3) is 0.286. The summed E-state index contributed by atoms with van der Waals surface area (Å²) >= 11 is 0. The number of ether oxygens (including phenoxy) is 1. The summed E-state index contributed by atoms with van der Waals surface area (Å²) in [5.74, 6) is -0.0638. The van der Waals surface area contributed by atoms with E-state index in [1.807, 2.05) is 43.3 Å². The number of anilines is 1. The Morgan fingerprint density at radius 2 is 1.58 bits per heavy atom. The Morgan fingerprint density at radius 1 is 1.00 bits per heavy atom. The predicted molar refractivity (Wildman–Crippen MR) is 97.2 cm³/mol. The van der Waals surface area contributed by atoms with Crippen molar-refractivity contribution in [1.82, 2.24) is 0 Å². The van der Waals surface area contributed by atoms with Crippen molar-refractivity contribution in [2.24, 2.45) is 5.92 Å². The van der Waals surface area contributed by atoms with Crippen LogP contribution >= 0.6 is 0 Å². The lowest BCUT2D eigenvalue weighted by Gasteiger charge is -2.31. The zero-order chi connectivity index (χ0) is 17.1. The molecule has 24 heavy (non-hydrogen) atoms. The van der Waals surface area contributed by atoms with Gasteiger partial charge in [-0.3, -0.25) is 0 Å². The van der Waals surface area contributed by atoms with Crippen LogP contribution in [0, 0.1) is 5.92 Å². The number of esters is 1. The third kappa shape index (κ3) is 3.21. The number of para-hydroxylation sites is 1. The molecule has 124 valence electrons. The van der Waals surface area contributed by atoms with E-state index in [1.165, 1.54) is 0 Å². The molecule has 0 spiro atoms. The molecule has 0 heterocycles. The van der Waals surface area contributed by atoms with Crippen molar-refractivity contribution in [3.05, 3.63) is 77.9 Å². The quantitative estimate of drug-likeness (QED) is 0.621. The summed E-state index contributed by atoms with van der Waals surface area (Å²) in [6.45, 7) is 4.18. The molecule has 3 atom stereocenters. The second-order valence-electron chi connectivity index (χ2n) is 6.40. The minimum Gasteiger partial charge on any atom is -0.454 e. The van der Waals surface area contributed by atoms with Crippen LogP contribution in [0.25, 0.3) is 0 Å². The van der Waals surface area contributed by atoms with Gasteiger partial charge in [0.15, 0.2) is 0 Å². The molecule has 0 aromatic heterocycles. The monoisotopic (exact) mass is 321 g/mol. The van der Waals surface area contributed by atoms with Gasteiger partial charge in [-0.05, 0) is 36.8 Å². The molecule has 1 aliphatic carbocycles. The lowest BCUT2D eigenvalue weighted by atomic mass is 10.00. The van der Waals surface area contributed by atoms with Gasteiger partial charge < -0.3 is 9.64 Å². The molecule has 0 aliphatic heterocycles. The molecular weight excluding hydrogens is 298 g/mol. The van der Waals surface area contributed by atoms with E-state index in [9.17, 15) is 4.79 Å². The molecule has 1 aliphatic rings. The first kappa shape index (κ1) is 16.3. The van der Waals surface area contributed by atoms with Gasteiger partial charge in [-0.25, -0.2) is 4.79 Å². The highest BCUT2D eigenvalue weighted by atomic mass is 16.5. The summed E-state index contributed by atoms with van der Waals surface area (Å²) in [6.07, 6.45) is 2.02. The number of carbonyl (C=O) groups is 1. The van der Waals surface area contributed by atoms with Gasteiger partial charge in [-0.15, -0.1) is 0 Å². The average molecular weight is 321 g/mol. The van der Waals surface area contributed by atoms with E-state index >= 15 is 0 Å². The number of benzene rings is 2. The molecule has 0 fully saturated rings. The van der Waals surface area contributed by atoms with E-state index in [1.54, 1.807) is 12.1 Å². The van der Waals surface area contributed by atoms with Crippen LogP contribution in [0.15, 0.2) is 72.3 Å². The summed E-state index contributed by atoms with van der Waals surface area (Å²) in [5.41, 5.74) is 2.87. The van der Waals surface area contributed by atoms with Crippen LogP contribution in [-0.4, -0.2) is 25.2 Å². The third-order valence-corrected chi connectivity index (χ3v) is 4.75. The van der Waals surface area contributed by atoms with E-state index in [0.29, 0.717) is 5.56 Å². The second kappa shape index (κ2) is 6.91. The summed E-state index contributed by atoms with van der Waals surface area (Å²) in [4.78, 5) is 14.6. The van der Waals surface area contributed by atoms with Gasteiger partial charge in [0.25, 0.3) is 0 Å². The molecule has 0 radical (unpaired) electrons. The molecule has 2 aromatic rings. The van der Waals surface area contributed by atoms with Gasteiger partial charge in [-0.1, -0.05) is 49.4 Å². The van der Waals surface area contributed by atoms with Crippen LogP contribution in [-0.2, 0) is 4.74 Å². The first-order chi connectivity index (χ1) is 11.6. The molecule has 0 unspecified atom stereocenters. The number of likely N-dealkylation sites (N-methyl/N-ethyl adjacent to an activating group) is 1. The maximum absolute atomic E-state index is 12.4. The van der Waals surface area contributed by atoms with Crippen molar-refractivity contribution in [3.63, 3.8) is 0 Å². The number of carbonyl (C=O) groups excluding carboxylic acids is 1. The van der Waals surface area contributed by atoms with Gasteiger partial charge in [-0.2, -0.15) is 0 Å². The van der Waals surface area contributed by atoms with Crippen molar-refractivity contribution < 1.29 is 9.53 Å². The lowest BCUT2D eigenvalue weighted by Crippen LogP contribution is -2.37. The van der Waals surface area contributed by atoms with E-state index in [2.05, 4.69) is 37.1 Å². The highest BCUT2D eigenvalue weighted by molar-refractivity contribution is 5.89. The fourth-order valence-corrected chi connectivity index (χ4v) is 3.37. The van der Waals surface area contributed by atoms with Gasteiger partial charge in [0.2, 0.25) is 0 Å². The van der Waals surface area contributed by atoms with Crippen LogP contribution in [0.2, 0.25) is 0 Å². The smallest absolute Gasteiger partial charge is 0.338 e. The normalized spacial score (nSPS) is 22.8. The molecule has 0 N–H and O–H groups in total. The Balaban J connectivity index is 1.73. The topological polar surface area (TPSA) is 29.5 Å². The summed E-state index contributed by atoms with van der Waals surface area (Å²) in [6, 6.07) is 19.7. The highest BCUT2D eigenvalue weighted by Gasteiger charge is 2.37. The van der Waals surface area contributed by atoms with Gasteiger partial charge in [0.1, 0.15) is 6.10 Å². The summed E-state index contributed by atoms with van der Waals surface area (Å²) < 4.78 is 5.80. The van der Waals surface area contributed by atoms with Crippen molar-refractivity contribution in [2.75, 3.05) is 11.9 Å². The van der Waals surface area contributed by atoms with Crippen molar-refractivity contribution in [3.8, 4) is 0 Å². The van der Waals surface area contributed by atoms with Crippen LogP contribution in [0.5, 0.6) is 0 Å². The second-order valence-corrected chi connectivity index (χ2v) is 6.40. The van der Waals surface area contributed by atoms with Crippen LogP contribution in [0.1, 0.15) is 24.2 Å². The standard InChI is InChI=1S/C21H23NO2/c1-15-14-19(22(3)18-12-8-5-9-13-18)16(2)20(15)24-21(23)17-10-6-4-7-11-17/h4-14,16,19-20H,1-3H3/t16-,19+,20-/m0/s1. The largest absolute Gasteiger partial charge is 0.454 e. The van der Waals surface area contributed by atoms with Crippen molar-refractivity contribution >= 4 is 11.7 Å². The fourth-order valence-electron chi connectivity index (χ4n) is 3.37. The molecule has 3 nitrogen and oxygen atoms in total. The third-order valence-electron chi connectivity index (χ3n) is 4.75. The van der Waals surface area contributed by atoms with Crippen LogP contribution in [0.3, 0.4) is 0 Å². The number of hydrogen-bond acceptors (Lipinski definition) is 3. The Bertz CT molecular complexity index is 724.